The van der Waals surface area contributed by atoms with Crippen molar-refractivity contribution in [3.63, 3.8) is 0 Å². The molecular formula is C19H33IN4O2S. The number of nitrogens with zero attached hydrogens (tertiary/aromatic N) is 1. The van der Waals surface area contributed by atoms with Gasteiger partial charge in [-0.3, -0.25) is 9.79 Å². The van der Waals surface area contributed by atoms with Crippen molar-refractivity contribution in [2.45, 2.75) is 57.2 Å². The van der Waals surface area contributed by atoms with E-state index in [9.17, 15) is 4.79 Å². The van der Waals surface area contributed by atoms with E-state index in [-0.39, 0.29) is 29.9 Å². The van der Waals surface area contributed by atoms with Crippen LogP contribution in [0.25, 0.3) is 0 Å². The standard InChI is InChI=1S/C19H32N4O2S.HI/c1-4-26-16-8-5-7-15(13-16)23-19(20-3)22-11-6-10-21-18(24)17-14(2)9-12-25-17;/h9,12,15-16H,4-8,10-11,13H2,1-3H3,(H,21,24)(H2,20,22,23);1H. The highest BCUT2D eigenvalue weighted by molar-refractivity contribution is 14.0. The summed E-state index contributed by atoms with van der Waals surface area (Å²) >= 11 is 2.07. The van der Waals surface area contributed by atoms with Gasteiger partial charge in [-0.1, -0.05) is 13.3 Å². The molecule has 1 aromatic rings. The molecule has 0 bridgehead atoms. The zero-order valence-corrected chi connectivity index (χ0v) is 19.7. The third-order valence-corrected chi connectivity index (χ3v) is 5.83. The number of rotatable bonds is 8. The van der Waals surface area contributed by atoms with Crippen LogP contribution < -0.4 is 16.0 Å². The molecule has 0 aromatic carbocycles. The molecule has 0 radical (unpaired) electrons. The number of carbonyl (C=O) groups excluding carboxylic acids is 1. The van der Waals surface area contributed by atoms with E-state index < -0.39 is 0 Å². The van der Waals surface area contributed by atoms with Crippen LogP contribution in [0.15, 0.2) is 21.7 Å². The third kappa shape index (κ3) is 8.33. The van der Waals surface area contributed by atoms with Crippen LogP contribution in [-0.4, -0.2) is 49.0 Å². The number of amides is 1. The highest BCUT2D eigenvalue weighted by Crippen LogP contribution is 2.28. The minimum atomic E-state index is -0.156. The predicted octanol–water partition coefficient (Wildman–Crippen LogP) is 3.56. The van der Waals surface area contributed by atoms with Crippen LogP contribution in [0.2, 0.25) is 0 Å². The van der Waals surface area contributed by atoms with E-state index in [0.29, 0.717) is 18.3 Å². The molecule has 0 aliphatic heterocycles. The normalized spacial score (nSPS) is 19.9. The second kappa shape index (κ2) is 13.3. The Morgan fingerprint density at radius 1 is 1.33 bits per heavy atom. The van der Waals surface area contributed by atoms with Crippen molar-refractivity contribution in [2.75, 3.05) is 25.9 Å². The van der Waals surface area contributed by atoms with E-state index in [4.69, 9.17) is 4.42 Å². The van der Waals surface area contributed by atoms with Crippen LogP contribution in [0.4, 0.5) is 0 Å². The van der Waals surface area contributed by atoms with Gasteiger partial charge in [-0.15, -0.1) is 24.0 Å². The van der Waals surface area contributed by atoms with Gasteiger partial charge in [0.25, 0.3) is 5.91 Å². The molecule has 0 spiro atoms. The third-order valence-electron chi connectivity index (χ3n) is 4.59. The van der Waals surface area contributed by atoms with Crippen LogP contribution in [0.3, 0.4) is 0 Å². The second-order valence-electron chi connectivity index (χ2n) is 6.63. The zero-order valence-electron chi connectivity index (χ0n) is 16.5. The van der Waals surface area contributed by atoms with Crippen LogP contribution in [0.1, 0.15) is 55.1 Å². The summed E-state index contributed by atoms with van der Waals surface area (Å²) in [6.07, 6.45) is 7.39. The topological polar surface area (TPSA) is 78.7 Å². The zero-order chi connectivity index (χ0) is 18.8. The summed E-state index contributed by atoms with van der Waals surface area (Å²) in [5.41, 5.74) is 0.859. The Morgan fingerprint density at radius 3 is 2.78 bits per heavy atom. The number of aryl methyl sites for hydroxylation is 1. The van der Waals surface area contributed by atoms with Gasteiger partial charge in [-0.05, 0) is 44.4 Å². The minimum Gasteiger partial charge on any atom is -0.459 e. The molecule has 154 valence electrons. The van der Waals surface area contributed by atoms with Gasteiger partial charge in [0.2, 0.25) is 0 Å². The number of carbonyl (C=O) groups is 1. The van der Waals surface area contributed by atoms with Crippen molar-refractivity contribution in [1.29, 1.82) is 0 Å². The molecule has 27 heavy (non-hydrogen) atoms. The monoisotopic (exact) mass is 508 g/mol. The number of thioether (sulfide) groups is 1. The number of halogens is 1. The molecule has 1 fully saturated rings. The molecule has 1 amide bonds. The molecule has 2 rings (SSSR count). The molecular weight excluding hydrogens is 475 g/mol. The number of aliphatic imine (C=N–C) groups is 1. The lowest BCUT2D eigenvalue weighted by molar-refractivity contribution is 0.0925. The Hall–Kier alpha value is -0.900. The molecule has 6 nitrogen and oxygen atoms in total. The molecule has 0 saturated heterocycles. The van der Waals surface area contributed by atoms with Crippen molar-refractivity contribution in [1.82, 2.24) is 16.0 Å². The summed E-state index contributed by atoms with van der Waals surface area (Å²) in [5, 5.41) is 10.5. The smallest absolute Gasteiger partial charge is 0.287 e. The van der Waals surface area contributed by atoms with E-state index in [2.05, 4.69) is 39.6 Å². The fourth-order valence-electron chi connectivity index (χ4n) is 3.23. The molecule has 2 atom stereocenters. The van der Waals surface area contributed by atoms with Crippen molar-refractivity contribution in [2.24, 2.45) is 4.99 Å². The summed E-state index contributed by atoms with van der Waals surface area (Å²) in [5.74, 6) is 2.28. The lowest BCUT2D eigenvalue weighted by Crippen LogP contribution is -2.46. The van der Waals surface area contributed by atoms with Gasteiger partial charge < -0.3 is 20.4 Å². The molecule has 3 N–H and O–H groups in total. The van der Waals surface area contributed by atoms with Crippen LogP contribution >= 0.6 is 35.7 Å². The van der Waals surface area contributed by atoms with Gasteiger partial charge in [0.15, 0.2) is 11.7 Å². The van der Waals surface area contributed by atoms with Crippen molar-refractivity contribution in [3.05, 3.63) is 23.7 Å². The number of furan rings is 1. The van der Waals surface area contributed by atoms with Gasteiger partial charge in [0, 0.05) is 37.0 Å². The fourth-order valence-corrected chi connectivity index (χ4v) is 4.41. The molecule has 1 heterocycles. The summed E-state index contributed by atoms with van der Waals surface area (Å²) in [4.78, 5) is 16.3. The van der Waals surface area contributed by atoms with E-state index >= 15 is 0 Å². The molecule has 1 aliphatic carbocycles. The predicted molar refractivity (Wildman–Crippen MR) is 124 cm³/mol. The number of hydrogen-bond donors (Lipinski definition) is 3. The summed E-state index contributed by atoms with van der Waals surface area (Å²) < 4.78 is 5.19. The Bertz CT molecular complexity index is 592. The van der Waals surface area contributed by atoms with Gasteiger partial charge in [0.05, 0.1) is 6.26 Å². The SMILES string of the molecule is CCSC1CCCC(NC(=NC)NCCCNC(=O)c2occc2C)C1.I. The van der Waals surface area contributed by atoms with E-state index in [1.54, 1.807) is 13.1 Å². The summed E-state index contributed by atoms with van der Waals surface area (Å²) in [7, 11) is 1.80. The second-order valence-corrected chi connectivity index (χ2v) is 8.20. The number of guanidine groups is 1. The van der Waals surface area contributed by atoms with E-state index in [1.165, 1.54) is 37.7 Å². The maximum atomic E-state index is 12.0. The maximum Gasteiger partial charge on any atom is 0.287 e. The van der Waals surface area contributed by atoms with Gasteiger partial charge >= 0.3 is 0 Å². The lowest BCUT2D eigenvalue weighted by Gasteiger charge is -2.30. The van der Waals surface area contributed by atoms with Gasteiger partial charge in [-0.25, -0.2) is 0 Å². The Kier molecular flexibility index (Phi) is 11.9. The van der Waals surface area contributed by atoms with Crippen LogP contribution in [0, 0.1) is 6.92 Å². The van der Waals surface area contributed by atoms with Crippen LogP contribution in [0.5, 0.6) is 0 Å². The largest absolute Gasteiger partial charge is 0.459 e. The number of hydrogen-bond acceptors (Lipinski definition) is 4. The summed E-state index contributed by atoms with van der Waals surface area (Å²) in [6, 6.07) is 2.29. The Labute approximate surface area is 184 Å². The van der Waals surface area contributed by atoms with Crippen molar-refractivity contribution >= 4 is 47.6 Å². The first-order valence-corrected chi connectivity index (χ1v) is 10.6. The first kappa shape index (κ1) is 24.1. The average Bonchev–Trinajstić information content (AvgIpc) is 3.07. The first-order valence-electron chi connectivity index (χ1n) is 9.55. The maximum absolute atomic E-state index is 12.0. The van der Waals surface area contributed by atoms with Crippen LogP contribution in [-0.2, 0) is 0 Å². The van der Waals surface area contributed by atoms with Crippen molar-refractivity contribution < 1.29 is 9.21 Å². The summed E-state index contributed by atoms with van der Waals surface area (Å²) in [6.45, 7) is 5.46. The van der Waals surface area contributed by atoms with Gasteiger partial charge in [-0.2, -0.15) is 11.8 Å². The minimum absolute atomic E-state index is 0. The average molecular weight is 508 g/mol. The molecule has 1 saturated carbocycles. The quantitative estimate of drug-likeness (QED) is 0.217. The van der Waals surface area contributed by atoms with Crippen molar-refractivity contribution in [3.8, 4) is 0 Å². The Morgan fingerprint density at radius 2 is 2.11 bits per heavy atom. The van der Waals surface area contributed by atoms with E-state index in [1.807, 2.05) is 6.92 Å². The highest BCUT2D eigenvalue weighted by Gasteiger charge is 2.22. The first-order chi connectivity index (χ1) is 12.6. The van der Waals surface area contributed by atoms with Gasteiger partial charge in [0.1, 0.15) is 0 Å². The molecule has 2 unspecified atom stereocenters. The highest BCUT2D eigenvalue weighted by atomic mass is 127. The lowest BCUT2D eigenvalue weighted by atomic mass is 9.95. The molecule has 8 heteroatoms. The Balaban J connectivity index is 0.00000364. The fraction of sp³-hybridized carbons (Fsp3) is 0.684. The van der Waals surface area contributed by atoms with E-state index in [0.717, 1.165) is 29.7 Å². The number of nitrogens with one attached hydrogen (secondary N) is 3. The molecule has 1 aliphatic rings. The molecule has 1 aromatic heterocycles.